The van der Waals surface area contributed by atoms with Gasteiger partial charge in [0.25, 0.3) is 0 Å². The van der Waals surface area contributed by atoms with Crippen molar-refractivity contribution in [3.05, 3.63) is 59.8 Å². The Morgan fingerprint density at radius 2 is 2.04 bits per heavy atom. The molecule has 0 fully saturated rings. The number of fused-ring (bicyclic) bond motifs is 2. The zero-order chi connectivity index (χ0) is 18.8. The van der Waals surface area contributed by atoms with Crippen molar-refractivity contribution >= 4 is 56.9 Å². The van der Waals surface area contributed by atoms with Crippen LogP contribution in [0.1, 0.15) is 6.92 Å². The van der Waals surface area contributed by atoms with Gasteiger partial charge in [-0.15, -0.1) is 0 Å². The van der Waals surface area contributed by atoms with Gasteiger partial charge in [0.1, 0.15) is 0 Å². The summed E-state index contributed by atoms with van der Waals surface area (Å²) in [4.78, 5) is 26.4. The van der Waals surface area contributed by atoms with E-state index < -0.39 is 0 Å². The maximum Gasteiger partial charge on any atom is 0.237 e. The molecular weight excluding hydrogens is 380 g/mol. The molecule has 5 nitrogen and oxygen atoms in total. The van der Waals surface area contributed by atoms with Crippen LogP contribution in [-0.2, 0) is 4.79 Å². The molecule has 0 spiro atoms. The number of nitrogens with one attached hydrogen (secondary N) is 1. The molecule has 4 aromatic rings. The summed E-state index contributed by atoms with van der Waals surface area (Å²) in [6.07, 6.45) is 1.56. The van der Waals surface area contributed by atoms with Crippen LogP contribution < -0.4 is 4.90 Å². The first-order valence-corrected chi connectivity index (χ1v) is 9.94. The zero-order valence-corrected chi connectivity index (χ0v) is 16.2. The first-order chi connectivity index (χ1) is 13.2. The van der Waals surface area contributed by atoms with Crippen molar-refractivity contribution in [3.8, 4) is 0 Å². The van der Waals surface area contributed by atoms with Gasteiger partial charge in [0.2, 0.25) is 5.91 Å². The minimum atomic E-state index is 0.0327. The summed E-state index contributed by atoms with van der Waals surface area (Å²) >= 11 is 7.32. The van der Waals surface area contributed by atoms with Gasteiger partial charge in [0, 0.05) is 18.1 Å². The third-order valence-electron chi connectivity index (χ3n) is 4.29. The summed E-state index contributed by atoms with van der Waals surface area (Å²) in [5, 5.41) is 3.39. The smallest absolute Gasteiger partial charge is 0.237 e. The highest BCUT2D eigenvalue weighted by Gasteiger charge is 2.17. The highest BCUT2D eigenvalue weighted by Crippen LogP contribution is 2.28. The number of halogens is 1. The van der Waals surface area contributed by atoms with Crippen LogP contribution >= 0.6 is 23.4 Å². The number of H-pyrrole nitrogens is 1. The number of aromatic nitrogens is 3. The molecule has 2 aromatic heterocycles. The molecule has 1 N–H and O–H groups in total. The lowest BCUT2D eigenvalue weighted by atomic mass is 10.1. The molecule has 0 aliphatic carbocycles. The molecule has 0 unspecified atom stereocenters. The standard InChI is InChI=1S/C20H17ClN4OS/c1-2-25(17-9-5-7-13-6-3-4-8-15(13)17)18(26)12-27-20-23-16-10-14(21)11-22-19(16)24-20/h3-11H,2,12H2,1H3,(H,22,23,24). The van der Waals surface area contributed by atoms with E-state index >= 15 is 0 Å². The Balaban J connectivity index is 1.54. The largest absolute Gasteiger partial charge is 0.331 e. The molecule has 0 bridgehead atoms. The maximum absolute atomic E-state index is 12.9. The number of amides is 1. The topological polar surface area (TPSA) is 61.9 Å². The van der Waals surface area contributed by atoms with Gasteiger partial charge in [0.05, 0.1) is 22.0 Å². The minimum Gasteiger partial charge on any atom is -0.331 e. The number of hydrogen-bond acceptors (Lipinski definition) is 4. The van der Waals surface area contributed by atoms with E-state index in [0.29, 0.717) is 22.4 Å². The van der Waals surface area contributed by atoms with Gasteiger partial charge in [-0.1, -0.05) is 59.8 Å². The molecule has 0 radical (unpaired) electrons. The van der Waals surface area contributed by atoms with Crippen molar-refractivity contribution in [2.75, 3.05) is 17.2 Å². The second-order valence-corrected chi connectivity index (χ2v) is 7.39. The van der Waals surface area contributed by atoms with Crippen molar-refractivity contribution in [1.29, 1.82) is 0 Å². The SMILES string of the molecule is CCN(C(=O)CSc1nc2ncc(Cl)cc2[nH]1)c1cccc2ccccc12. The van der Waals surface area contributed by atoms with E-state index in [4.69, 9.17) is 11.6 Å². The van der Waals surface area contributed by atoms with Crippen LogP contribution in [0.15, 0.2) is 59.9 Å². The van der Waals surface area contributed by atoms with Gasteiger partial charge in [-0.25, -0.2) is 9.97 Å². The average Bonchev–Trinajstić information content (AvgIpc) is 3.09. The number of aromatic amines is 1. The third-order valence-corrected chi connectivity index (χ3v) is 5.35. The summed E-state index contributed by atoms with van der Waals surface area (Å²) in [6, 6.07) is 15.9. The van der Waals surface area contributed by atoms with Gasteiger partial charge < -0.3 is 9.88 Å². The molecule has 136 valence electrons. The number of carbonyl (C=O) groups excluding carboxylic acids is 1. The van der Waals surface area contributed by atoms with Crippen LogP contribution in [0.5, 0.6) is 0 Å². The van der Waals surface area contributed by atoms with Crippen LogP contribution in [-0.4, -0.2) is 33.2 Å². The van der Waals surface area contributed by atoms with Crippen LogP contribution in [0.4, 0.5) is 5.69 Å². The van der Waals surface area contributed by atoms with Gasteiger partial charge in [-0.05, 0) is 24.4 Å². The lowest BCUT2D eigenvalue weighted by molar-refractivity contribution is -0.116. The van der Waals surface area contributed by atoms with Crippen LogP contribution in [0.3, 0.4) is 0 Å². The average molecular weight is 397 g/mol. The number of anilines is 1. The first-order valence-electron chi connectivity index (χ1n) is 8.58. The molecule has 4 rings (SSSR count). The molecule has 0 aliphatic heterocycles. The molecule has 2 heterocycles. The second kappa shape index (κ2) is 7.58. The second-order valence-electron chi connectivity index (χ2n) is 5.99. The van der Waals surface area contributed by atoms with Crippen molar-refractivity contribution < 1.29 is 4.79 Å². The number of benzene rings is 2. The van der Waals surface area contributed by atoms with Crippen LogP contribution in [0, 0.1) is 0 Å². The lowest BCUT2D eigenvalue weighted by Crippen LogP contribution is -2.32. The highest BCUT2D eigenvalue weighted by atomic mass is 35.5. The van der Waals surface area contributed by atoms with Gasteiger partial charge >= 0.3 is 0 Å². The molecule has 2 aromatic carbocycles. The van der Waals surface area contributed by atoms with E-state index in [-0.39, 0.29) is 11.7 Å². The Morgan fingerprint density at radius 3 is 2.89 bits per heavy atom. The summed E-state index contributed by atoms with van der Waals surface area (Å²) < 4.78 is 0. The number of hydrogen-bond donors (Lipinski definition) is 1. The number of pyridine rings is 1. The van der Waals surface area contributed by atoms with Crippen molar-refractivity contribution in [3.63, 3.8) is 0 Å². The number of thioether (sulfide) groups is 1. The summed E-state index contributed by atoms with van der Waals surface area (Å²) in [5.74, 6) is 0.315. The molecule has 0 aliphatic rings. The monoisotopic (exact) mass is 396 g/mol. The van der Waals surface area contributed by atoms with E-state index in [2.05, 4.69) is 27.1 Å². The van der Waals surface area contributed by atoms with Gasteiger partial charge in [-0.3, -0.25) is 4.79 Å². The quantitative estimate of drug-likeness (QED) is 0.487. The Morgan fingerprint density at radius 1 is 1.22 bits per heavy atom. The normalized spacial score (nSPS) is 11.2. The van der Waals surface area contributed by atoms with E-state index in [1.165, 1.54) is 11.8 Å². The Kier molecular flexibility index (Phi) is 5.01. The molecule has 27 heavy (non-hydrogen) atoms. The first kappa shape index (κ1) is 17.8. The van der Waals surface area contributed by atoms with Gasteiger partial charge in [0.15, 0.2) is 10.8 Å². The Labute approximate surface area is 165 Å². The molecule has 0 atom stereocenters. The number of carbonyl (C=O) groups is 1. The van der Waals surface area contributed by atoms with E-state index in [0.717, 1.165) is 22.0 Å². The predicted molar refractivity (Wildman–Crippen MR) is 112 cm³/mol. The molecule has 1 amide bonds. The predicted octanol–water partition coefficient (Wildman–Crippen LogP) is 4.91. The van der Waals surface area contributed by atoms with Crippen LogP contribution in [0.25, 0.3) is 21.9 Å². The molecule has 0 saturated heterocycles. The molecular formula is C20H17ClN4OS. The molecule has 0 saturated carbocycles. The maximum atomic E-state index is 12.9. The summed E-state index contributed by atoms with van der Waals surface area (Å²) in [5.41, 5.74) is 2.29. The highest BCUT2D eigenvalue weighted by molar-refractivity contribution is 7.99. The van der Waals surface area contributed by atoms with E-state index in [1.54, 1.807) is 12.3 Å². The zero-order valence-electron chi connectivity index (χ0n) is 14.6. The Bertz CT molecular complexity index is 1120. The number of imidazole rings is 1. The van der Waals surface area contributed by atoms with Crippen LogP contribution in [0.2, 0.25) is 5.02 Å². The molecule has 7 heteroatoms. The number of nitrogens with zero attached hydrogens (tertiary/aromatic N) is 3. The van der Waals surface area contributed by atoms with Crippen molar-refractivity contribution in [1.82, 2.24) is 15.0 Å². The summed E-state index contributed by atoms with van der Waals surface area (Å²) in [6.45, 7) is 2.59. The van der Waals surface area contributed by atoms with Crippen molar-refractivity contribution in [2.45, 2.75) is 12.1 Å². The van der Waals surface area contributed by atoms with E-state index in [1.807, 2.05) is 42.2 Å². The fourth-order valence-electron chi connectivity index (χ4n) is 3.05. The van der Waals surface area contributed by atoms with E-state index in [9.17, 15) is 4.79 Å². The fraction of sp³-hybridized carbons (Fsp3) is 0.150. The third kappa shape index (κ3) is 3.63. The minimum absolute atomic E-state index is 0.0327. The fourth-order valence-corrected chi connectivity index (χ4v) is 3.96. The van der Waals surface area contributed by atoms with Gasteiger partial charge in [-0.2, -0.15) is 0 Å². The number of rotatable bonds is 5. The Hall–Kier alpha value is -2.57. The van der Waals surface area contributed by atoms with Crippen molar-refractivity contribution in [2.24, 2.45) is 0 Å². The summed E-state index contributed by atoms with van der Waals surface area (Å²) in [7, 11) is 0. The lowest BCUT2D eigenvalue weighted by Gasteiger charge is -2.22.